The van der Waals surface area contributed by atoms with Crippen LogP contribution < -0.4 is 0 Å². The van der Waals surface area contributed by atoms with E-state index in [1.165, 1.54) is 38.5 Å². The topological polar surface area (TPSA) is 0 Å². The first-order chi connectivity index (χ1) is 5.92. The van der Waals surface area contributed by atoms with Crippen molar-refractivity contribution >= 4 is 15.9 Å². The smallest absolute Gasteiger partial charge is 0.00686 e. The largest absolute Gasteiger partial charge is 0.0925 e. The lowest BCUT2D eigenvalue weighted by Crippen LogP contribution is -2.16. The first kappa shape index (κ1) is 8.80. The second kappa shape index (κ2) is 3.95. The van der Waals surface area contributed by atoms with E-state index in [-0.39, 0.29) is 0 Å². The van der Waals surface area contributed by atoms with Crippen molar-refractivity contribution in [1.29, 1.82) is 0 Å². The van der Waals surface area contributed by atoms with Gasteiger partial charge >= 0.3 is 0 Å². The molecule has 0 aromatic rings. The molecule has 2 rings (SSSR count). The summed E-state index contributed by atoms with van der Waals surface area (Å²) in [6.45, 7) is 0. The number of fused-ring (bicyclic) bond motifs is 1. The van der Waals surface area contributed by atoms with Gasteiger partial charge in [0.25, 0.3) is 0 Å². The van der Waals surface area contributed by atoms with Gasteiger partial charge in [0.15, 0.2) is 0 Å². The Labute approximate surface area is 83.6 Å². The zero-order valence-electron chi connectivity index (χ0n) is 7.56. The summed E-state index contributed by atoms with van der Waals surface area (Å²) in [7, 11) is 0. The molecule has 0 aromatic heterocycles. The molecule has 0 saturated heterocycles. The average Bonchev–Trinajstić information content (AvgIpc) is 2.50. The van der Waals surface area contributed by atoms with Crippen molar-refractivity contribution in [2.75, 3.05) is 5.33 Å². The second-order valence-electron chi connectivity index (χ2n) is 4.10. The average molecular weight is 229 g/mol. The Morgan fingerprint density at radius 3 is 3.00 bits per heavy atom. The number of alkyl halides is 1. The van der Waals surface area contributed by atoms with E-state index in [1.54, 1.807) is 5.57 Å². The minimum Gasteiger partial charge on any atom is -0.0925 e. The third-order valence-electron chi connectivity index (χ3n) is 3.45. The van der Waals surface area contributed by atoms with Crippen molar-refractivity contribution in [3.63, 3.8) is 0 Å². The molecule has 2 unspecified atom stereocenters. The molecular weight excluding hydrogens is 212 g/mol. The fraction of sp³-hybridized carbons (Fsp3) is 0.818. The Morgan fingerprint density at radius 1 is 1.33 bits per heavy atom. The molecule has 0 spiro atoms. The van der Waals surface area contributed by atoms with Gasteiger partial charge in [-0.3, -0.25) is 0 Å². The molecule has 1 heteroatoms. The van der Waals surface area contributed by atoms with E-state index in [0.717, 1.165) is 17.2 Å². The third kappa shape index (κ3) is 1.61. The number of halogens is 1. The van der Waals surface area contributed by atoms with Gasteiger partial charge in [0, 0.05) is 5.33 Å². The molecule has 1 fully saturated rings. The van der Waals surface area contributed by atoms with Crippen LogP contribution in [0.2, 0.25) is 0 Å². The molecule has 0 aromatic carbocycles. The summed E-state index contributed by atoms with van der Waals surface area (Å²) in [5, 5.41) is 1.15. The summed E-state index contributed by atoms with van der Waals surface area (Å²) in [5.74, 6) is 2.02. The Kier molecular flexibility index (Phi) is 2.90. The van der Waals surface area contributed by atoms with Crippen LogP contribution in [0.15, 0.2) is 11.6 Å². The van der Waals surface area contributed by atoms with E-state index >= 15 is 0 Å². The van der Waals surface area contributed by atoms with Crippen LogP contribution in [0.1, 0.15) is 38.5 Å². The van der Waals surface area contributed by atoms with Crippen LogP contribution in [0.25, 0.3) is 0 Å². The normalized spacial score (nSPS) is 34.6. The summed E-state index contributed by atoms with van der Waals surface area (Å²) in [5.41, 5.74) is 1.76. The molecule has 2 aliphatic rings. The van der Waals surface area contributed by atoms with Gasteiger partial charge in [0.05, 0.1) is 0 Å². The Balaban J connectivity index is 1.98. The number of hydrogen-bond donors (Lipinski definition) is 0. The molecule has 0 nitrogen and oxygen atoms in total. The zero-order valence-corrected chi connectivity index (χ0v) is 9.15. The molecule has 2 aliphatic carbocycles. The van der Waals surface area contributed by atoms with Crippen LogP contribution in [0, 0.1) is 11.8 Å². The highest BCUT2D eigenvalue weighted by Crippen LogP contribution is 2.43. The molecule has 0 heterocycles. The van der Waals surface area contributed by atoms with Gasteiger partial charge in [-0.15, -0.1) is 0 Å². The van der Waals surface area contributed by atoms with E-state index < -0.39 is 0 Å². The molecule has 0 aliphatic heterocycles. The molecule has 0 radical (unpaired) electrons. The molecule has 0 amide bonds. The lowest BCUT2D eigenvalue weighted by molar-refractivity contribution is 0.291. The van der Waals surface area contributed by atoms with E-state index in [2.05, 4.69) is 22.0 Å². The highest BCUT2D eigenvalue weighted by atomic mass is 79.9. The van der Waals surface area contributed by atoms with Gasteiger partial charge in [-0.2, -0.15) is 0 Å². The van der Waals surface area contributed by atoms with Crippen molar-refractivity contribution < 1.29 is 0 Å². The third-order valence-corrected chi connectivity index (χ3v) is 3.85. The molecule has 0 bridgehead atoms. The van der Waals surface area contributed by atoms with Crippen LogP contribution in [0.3, 0.4) is 0 Å². The van der Waals surface area contributed by atoms with E-state index in [9.17, 15) is 0 Å². The van der Waals surface area contributed by atoms with Crippen molar-refractivity contribution in [3.05, 3.63) is 11.6 Å². The van der Waals surface area contributed by atoms with E-state index in [4.69, 9.17) is 0 Å². The quantitative estimate of drug-likeness (QED) is 0.497. The number of rotatable bonds is 2. The minimum absolute atomic E-state index is 0.983. The summed E-state index contributed by atoms with van der Waals surface area (Å²) in [6.07, 6.45) is 11.1. The fourth-order valence-electron chi connectivity index (χ4n) is 2.83. The van der Waals surface area contributed by atoms with Gasteiger partial charge in [0.2, 0.25) is 0 Å². The minimum atomic E-state index is 0.983. The van der Waals surface area contributed by atoms with Crippen molar-refractivity contribution in [2.45, 2.75) is 38.5 Å². The van der Waals surface area contributed by atoms with Crippen LogP contribution in [0.4, 0.5) is 0 Å². The summed E-state index contributed by atoms with van der Waals surface area (Å²) in [6, 6.07) is 0. The molecule has 12 heavy (non-hydrogen) atoms. The molecule has 0 N–H and O–H groups in total. The number of allylic oxidation sites excluding steroid dienone is 2. The standard InChI is InChI=1S/C11H17Br/c12-8-7-10-6-5-9-3-1-2-4-11(9)10/h6,9,11H,1-5,7-8H2. The van der Waals surface area contributed by atoms with E-state index in [0.29, 0.717) is 0 Å². The van der Waals surface area contributed by atoms with Gasteiger partial charge < -0.3 is 0 Å². The van der Waals surface area contributed by atoms with Gasteiger partial charge in [0.1, 0.15) is 0 Å². The lowest BCUT2D eigenvalue weighted by Gasteiger charge is -2.27. The van der Waals surface area contributed by atoms with Crippen LogP contribution >= 0.6 is 15.9 Å². The summed E-state index contributed by atoms with van der Waals surface area (Å²) >= 11 is 3.54. The Bertz CT molecular complexity index is 183. The van der Waals surface area contributed by atoms with Crippen LogP contribution in [-0.4, -0.2) is 5.33 Å². The monoisotopic (exact) mass is 228 g/mol. The first-order valence-electron chi connectivity index (χ1n) is 5.16. The predicted octanol–water partition coefficient (Wildman–Crippen LogP) is 3.91. The second-order valence-corrected chi connectivity index (χ2v) is 4.90. The van der Waals surface area contributed by atoms with Crippen LogP contribution in [0.5, 0.6) is 0 Å². The van der Waals surface area contributed by atoms with Crippen molar-refractivity contribution in [1.82, 2.24) is 0 Å². The van der Waals surface area contributed by atoms with E-state index in [1.807, 2.05) is 0 Å². The van der Waals surface area contributed by atoms with Gasteiger partial charge in [-0.25, -0.2) is 0 Å². The van der Waals surface area contributed by atoms with Gasteiger partial charge in [-0.1, -0.05) is 40.4 Å². The number of hydrogen-bond acceptors (Lipinski definition) is 0. The molecular formula is C11H17Br. The van der Waals surface area contributed by atoms with Crippen molar-refractivity contribution in [3.8, 4) is 0 Å². The maximum Gasteiger partial charge on any atom is 0.00686 e. The Hall–Kier alpha value is 0.220. The lowest BCUT2D eigenvalue weighted by atomic mass is 9.78. The fourth-order valence-corrected chi connectivity index (χ4v) is 3.29. The maximum absolute atomic E-state index is 3.54. The zero-order chi connectivity index (χ0) is 8.39. The molecule has 68 valence electrons. The molecule has 1 saturated carbocycles. The first-order valence-corrected chi connectivity index (χ1v) is 6.29. The Morgan fingerprint density at radius 2 is 2.17 bits per heavy atom. The highest BCUT2D eigenvalue weighted by molar-refractivity contribution is 9.09. The molecule has 2 atom stereocenters. The summed E-state index contributed by atoms with van der Waals surface area (Å²) < 4.78 is 0. The highest BCUT2D eigenvalue weighted by Gasteiger charge is 2.30. The maximum atomic E-state index is 3.54. The predicted molar refractivity (Wildman–Crippen MR) is 56.6 cm³/mol. The van der Waals surface area contributed by atoms with Crippen LogP contribution in [-0.2, 0) is 0 Å². The SMILES string of the molecule is BrCCC1=CCC2CCCCC12. The summed E-state index contributed by atoms with van der Waals surface area (Å²) in [4.78, 5) is 0. The van der Waals surface area contributed by atoms with Crippen molar-refractivity contribution in [2.24, 2.45) is 11.8 Å². The van der Waals surface area contributed by atoms with Gasteiger partial charge in [-0.05, 0) is 37.5 Å².